The molecule has 0 aromatic heterocycles. The van der Waals surface area contributed by atoms with Crippen LogP contribution in [0, 0.1) is 11.8 Å². The van der Waals surface area contributed by atoms with Crippen LogP contribution in [0.1, 0.15) is 37.7 Å². The number of likely N-dealkylation sites (tertiary alicyclic amines) is 1. The molecule has 7 heteroatoms. The number of amides is 3. The van der Waals surface area contributed by atoms with Gasteiger partial charge in [0.05, 0.1) is 6.54 Å². The second-order valence-corrected chi connectivity index (χ2v) is 6.55. The highest BCUT2D eigenvalue weighted by molar-refractivity contribution is 6.02. The molecule has 0 spiro atoms. The molecular formula is C18H24ClN3O3. The number of benzene rings is 1. The van der Waals surface area contributed by atoms with Crippen LogP contribution in [0.5, 0.6) is 0 Å². The molecule has 1 saturated heterocycles. The number of rotatable bonds is 5. The van der Waals surface area contributed by atoms with Crippen molar-refractivity contribution in [3.8, 4) is 0 Å². The SMILES string of the molecule is Cl.NC[C@H]1CCC[C@H]1C(=O)Nc1ccccc1CN1C(=O)CCC1=O. The molecule has 136 valence electrons. The standard InChI is InChI=1S/C18H23N3O3.ClH/c19-10-12-5-3-6-14(12)18(24)20-15-7-2-1-4-13(15)11-21-16(22)8-9-17(21)23;/h1-2,4,7,12,14H,3,5-6,8-11,19H2,(H,20,24);1H/t12-,14-;/m1./s1. The molecule has 25 heavy (non-hydrogen) atoms. The lowest BCUT2D eigenvalue weighted by atomic mass is 9.95. The number of hydrogen-bond acceptors (Lipinski definition) is 4. The molecule has 2 aliphatic rings. The maximum atomic E-state index is 12.6. The third-order valence-electron chi connectivity index (χ3n) is 5.06. The van der Waals surface area contributed by atoms with Crippen LogP contribution in [0.2, 0.25) is 0 Å². The van der Waals surface area contributed by atoms with Crippen LogP contribution in [0.25, 0.3) is 0 Å². The molecule has 1 saturated carbocycles. The van der Waals surface area contributed by atoms with Crippen LogP contribution in [0.3, 0.4) is 0 Å². The predicted octanol–water partition coefficient (Wildman–Crippen LogP) is 2.07. The van der Waals surface area contributed by atoms with Crippen molar-refractivity contribution in [3.05, 3.63) is 29.8 Å². The minimum atomic E-state index is -0.153. The second kappa shape index (κ2) is 8.45. The third-order valence-corrected chi connectivity index (χ3v) is 5.06. The van der Waals surface area contributed by atoms with E-state index in [1.54, 1.807) is 0 Å². The number of carbonyl (C=O) groups excluding carboxylic acids is 3. The highest BCUT2D eigenvalue weighted by Crippen LogP contribution is 2.32. The topological polar surface area (TPSA) is 92.5 Å². The van der Waals surface area contributed by atoms with E-state index in [9.17, 15) is 14.4 Å². The van der Waals surface area contributed by atoms with Gasteiger partial charge in [0.25, 0.3) is 0 Å². The third kappa shape index (κ3) is 4.19. The molecular weight excluding hydrogens is 342 g/mol. The molecule has 0 unspecified atom stereocenters. The van der Waals surface area contributed by atoms with Crippen LogP contribution in [-0.2, 0) is 20.9 Å². The van der Waals surface area contributed by atoms with E-state index in [0.29, 0.717) is 12.2 Å². The molecule has 1 aliphatic carbocycles. The first-order valence-corrected chi connectivity index (χ1v) is 8.52. The number of carbonyl (C=O) groups is 3. The summed E-state index contributed by atoms with van der Waals surface area (Å²) in [5, 5.41) is 2.98. The van der Waals surface area contributed by atoms with Crippen LogP contribution in [0.15, 0.2) is 24.3 Å². The van der Waals surface area contributed by atoms with Crippen molar-refractivity contribution in [1.82, 2.24) is 4.90 Å². The zero-order chi connectivity index (χ0) is 17.1. The first kappa shape index (κ1) is 19.4. The lowest BCUT2D eigenvalue weighted by Crippen LogP contribution is -2.31. The van der Waals surface area contributed by atoms with Gasteiger partial charge in [0.15, 0.2) is 0 Å². The van der Waals surface area contributed by atoms with Gasteiger partial charge < -0.3 is 11.1 Å². The van der Waals surface area contributed by atoms with E-state index in [0.717, 1.165) is 24.8 Å². The number of hydrogen-bond donors (Lipinski definition) is 2. The minimum absolute atomic E-state index is 0. The van der Waals surface area contributed by atoms with Gasteiger partial charge in [-0.25, -0.2) is 0 Å². The Bertz CT molecular complexity index is 649. The van der Waals surface area contributed by atoms with E-state index in [1.165, 1.54) is 4.90 Å². The van der Waals surface area contributed by atoms with Crippen molar-refractivity contribution in [2.45, 2.75) is 38.6 Å². The maximum absolute atomic E-state index is 12.6. The van der Waals surface area contributed by atoms with Gasteiger partial charge in [-0.1, -0.05) is 24.6 Å². The first-order valence-electron chi connectivity index (χ1n) is 8.52. The minimum Gasteiger partial charge on any atom is -0.330 e. The summed E-state index contributed by atoms with van der Waals surface area (Å²) in [6, 6.07) is 7.32. The Balaban J connectivity index is 0.00000225. The largest absolute Gasteiger partial charge is 0.330 e. The Kier molecular flexibility index (Phi) is 6.56. The Morgan fingerprint density at radius 2 is 1.84 bits per heavy atom. The van der Waals surface area contributed by atoms with Gasteiger partial charge in [0.1, 0.15) is 0 Å². The van der Waals surface area contributed by atoms with Gasteiger partial charge in [0, 0.05) is 24.4 Å². The van der Waals surface area contributed by atoms with Crippen molar-refractivity contribution in [2.75, 3.05) is 11.9 Å². The van der Waals surface area contributed by atoms with Gasteiger partial charge in [-0.05, 0) is 36.9 Å². The van der Waals surface area contributed by atoms with Crippen LogP contribution in [0.4, 0.5) is 5.69 Å². The summed E-state index contributed by atoms with van der Waals surface area (Å²) in [7, 11) is 0. The number of nitrogens with two attached hydrogens (primary N) is 1. The summed E-state index contributed by atoms with van der Waals surface area (Å²) < 4.78 is 0. The van der Waals surface area contributed by atoms with Crippen molar-refractivity contribution in [3.63, 3.8) is 0 Å². The Morgan fingerprint density at radius 1 is 1.16 bits per heavy atom. The predicted molar refractivity (Wildman–Crippen MR) is 97.0 cm³/mol. The number of nitrogens with one attached hydrogen (secondary N) is 1. The summed E-state index contributed by atoms with van der Waals surface area (Å²) in [4.78, 5) is 37.5. The molecule has 2 fully saturated rings. The van der Waals surface area contributed by atoms with E-state index < -0.39 is 0 Å². The molecule has 0 bridgehead atoms. The second-order valence-electron chi connectivity index (χ2n) is 6.55. The average Bonchev–Trinajstić information content (AvgIpc) is 3.18. The maximum Gasteiger partial charge on any atom is 0.229 e. The Hall–Kier alpha value is -1.92. The molecule has 1 aromatic carbocycles. The molecule has 3 N–H and O–H groups in total. The molecule has 3 amide bonds. The van der Waals surface area contributed by atoms with E-state index in [4.69, 9.17) is 5.73 Å². The number of para-hydroxylation sites is 1. The van der Waals surface area contributed by atoms with Gasteiger partial charge in [-0.15, -0.1) is 12.4 Å². The van der Waals surface area contributed by atoms with Gasteiger partial charge in [-0.2, -0.15) is 0 Å². The molecule has 1 aromatic rings. The Morgan fingerprint density at radius 3 is 2.52 bits per heavy atom. The fourth-order valence-corrected chi connectivity index (χ4v) is 3.64. The van der Waals surface area contributed by atoms with E-state index in [-0.39, 0.29) is 61.4 Å². The van der Waals surface area contributed by atoms with Gasteiger partial charge in [0.2, 0.25) is 17.7 Å². The van der Waals surface area contributed by atoms with Crippen molar-refractivity contribution < 1.29 is 14.4 Å². The van der Waals surface area contributed by atoms with Gasteiger partial charge in [-0.3, -0.25) is 19.3 Å². The average molecular weight is 366 g/mol. The first-order chi connectivity index (χ1) is 11.6. The van der Waals surface area contributed by atoms with Crippen LogP contribution >= 0.6 is 12.4 Å². The van der Waals surface area contributed by atoms with Crippen LogP contribution in [-0.4, -0.2) is 29.2 Å². The smallest absolute Gasteiger partial charge is 0.229 e. The fourth-order valence-electron chi connectivity index (χ4n) is 3.64. The fraction of sp³-hybridized carbons (Fsp3) is 0.500. The highest BCUT2D eigenvalue weighted by Gasteiger charge is 2.33. The van der Waals surface area contributed by atoms with Gasteiger partial charge >= 0.3 is 0 Å². The molecule has 1 aliphatic heterocycles. The highest BCUT2D eigenvalue weighted by atomic mass is 35.5. The lowest BCUT2D eigenvalue weighted by Gasteiger charge is -2.20. The normalized spacial score (nSPS) is 22.8. The number of halogens is 1. The van der Waals surface area contributed by atoms with E-state index in [1.807, 2.05) is 24.3 Å². The van der Waals surface area contributed by atoms with Crippen molar-refractivity contribution in [1.29, 1.82) is 0 Å². The summed E-state index contributed by atoms with van der Waals surface area (Å²) in [5.74, 6) is -0.147. The zero-order valence-electron chi connectivity index (χ0n) is 14.1. The van der Waals surface area contributed by atoms with E-state index in [2.05, 4.69) is 5.32 Å². The van der Waals surface area contributed by atoms with Crippen molar-refractivity contribution >= 4 is 35.8 Å². The number of nitrogens with zero attached hydrogens (tertiary/aromatic N) is 1. The number of anilines is 1. The molecule has 2 atom stereocenters. The summed E-state index contributed by atoms with van der Waals surface area (Å²) in [5.41, 5.74) is 7.20. The monoisotopic (exact) mass is 365 g/mol. The van der Waals surface area contributed by atoms with Crippen molar-refractivity contribution in [2.24, 2.45) is 17.6 Å². The van der Waals surface area contributed by atoms with E-state index >= 15 is 0 Å². The summed E-state index contributed by atoms with van der Waals surface area (Å²) in [6.07, 6.45) is 3.42. The molecule has 1 heterocycles. The summed E-state index contributed by atoms with van der Waals surface area (Å²) in [6.45, 7) is 0.732. The van der Waals surface area contributed by atoms with Crippen LogP contribution < -0.4 is 11.1 Å². The zero-order valence-corrected chi connectivity index (χ0v) is 14.9. The summed E-state index contributed by atoms with van der Waals surface area (Å²) >= 11 is 0. The molecule has 3 rings (SSSR count). The molecule has 6 nitrogen and oxygen atoms in total. The molecule has 0 radical (unpaired) electrons. The quantitative estimate of drug-likeness (QED) is 0.781. The lowest BCUT2D eigenvalue weighted by molar-refractivity contribution is -0.139. The number of imide groups is 1. The Labute approximate surface area is 153 Å².